The molecule has 9 heteroatoms. The molecule has 204 valence electrons. The van der Waals surface area contributed by atoms with E-state index in [0.717, 1.165) is 36.5 Å². The van der Waals surface area contributed by atoms with Gasteiger partial charge in [-0.15, -0.1) is 0 Å². The number of alkyl halides is 3. The molecule has 1 aliphatic heterocycles. The summed E-state index contributed by atoms with van der Waals surface area (Å²) >= 11 is 6.33. The lowest BCUT2D eigenvalue weighted by molar-refractivity contribution is -0.137. The van der Waals surface area contributed by atoms with E-state index in [-0.39, 0.29) is 11.1 Å². The summed E-state index contributed by atoms with van der Waals surface area (Å²) in [5, 5.41) is 4.88. The average molecular weight is 554 g/mol. The number of rotatable bonds is 7. The minimum atomic E-state index is -4.51. The molecular formula is C30H31ClF3N5. The van der Waals surface area contributed by atoms with Crippen LogP contribution in [0.2, 0.25) is 5.02 Å². The van der Waals surface area contributed by atoms with Crippen molar-refractivity contribution in [1.29, 1.82) is 0 Å². The number of hydrogen-bond acceptors (Lipinski definition) is 5. The molecule has 0 bridgehead atoms. The predicted octanol–water partition coefficient (Wildman–Crippen LogP) is 7.64. The Bertz CT molecular complexity index is 1470. The maximum Gasteiger partial charge on any atom is 0.418 e. The third kappa shape index (κ3) is 6.50. The first-order valence-corrected chi connectivity index (χ1v) is 13.5. The second kappa shape index (κ2) is 11.1. The fraction of sp³-hybridized carbons (Fsp3) is 0.367. The second-order valence-electron chi connectivity index (χ2n) is 10.9. The highest BCUT2D eigenvalue weighted by Gasteiger charge is 2.34. The van der Waals surface area contributed by atoms with Gasteiger partial charge in [-0.3, -0.25) is 9.88 Å². The van der Waals surface area contributed by atoms with E-state index in [2.05, 4.69) is 29.0 Å². The molecule has 0 atom stereocenters. The maximum absolute atomic E-state index is 13.7. The fourth-order valence-electron chi connectivity index (χ4n) is 5.29. The smallest absolute Gasteiger partial charge is 0.369 e. The largest absolute Gasteiger partial charge is 0.418 e. The monoisotopic (exact) mass is 553 g/mol. The van der Waals surface area contributed by atoms with Crippen LogP contribution >= 0.6 is 11.6 Å². The van der Waals surface area contributed by atoms with Gasteiger partial charge >= 0.3 is 6.18 Å². The van der Waals surface area contributed by atoms with Crippen LogP contribution in [0.15, 0.2) is 60.8 Å². The fourth-order valence-corrected chi connectivity index (χ4v) is 5.52. The van der Waals surface area contributed by atoms with Crippen molar-refractivity contribution < 1.29 is 13.2 Å². The summed E-state index contributed by atoms with van der Waals surface area (Å²) in [6, 6.07) is 15.2. The Balaban J connectivity index is 1.50. The maximum atomic E-state index is 13.7. The molecular weight excluding hydrogens is 523 g/mol. The molecule has 0 aliphatic carbocycles. The first-order valence-electron chi connectivity index (χ1n) is 13.1. The Kier molecular flexibility index (Phi) is 7.78. The van der Waals surface area contributed by atoms with Gasteiger partial charge in [0, 0.05) is 35.3 Å². The Morgan fingerprint density at radius 1 is 1.05 bits per heavy atom. The molecule has 0 unspecified atom stereocenters. The predicted molar refractivity (Wildman–Crippen MR) is 150 cm³/mol. The number of benzene rings is 2. The van der Waals surface area contributed by atoms with Crippen LogP contribution in [-0.4, -0.2) is 39.5 Å². The number of aromatic nitrogens is 3. The van der Waals surface area contributed by atoms with E-state index in [1.807, 2.05) is 24.3 Å². The number of fused-ring (bicyclic) bond motifs is 1. The molecule has 5 rings (SSSR count). The van der Waals surface area contributed by atoms with Crippen molar-refractivity contribution in [2.75, 3.05) is 25.0 Å². The van der Waals surface area contributed by atoms with Gasteiger partial charge in [0.2, 0.25) is 0 Å². The van der Waals surface area contributed by atoms with Crippen LogP contribution in [0.3, 0.4) is 0 Å². The summed E-state index contributed by atoms with van der Waals surface area (Å²) in [6.45, 7) is 7.58. The first-order chi connectivity index (χ1) is 18.6. The summed E-state index contributed by atoms with van der Waals surface area (Å²) < 4.78 is 41.1. The van der Waals surface area contributed by atoms with E-state index in [0.29, 0.717) is 47.3 Å². The average Bonchev–Trinajstić information content (AvgIpc) is 2.88. The van der Waals surface area contributed by atoms with Crippen LogP contribution in [0.4, 0.5) is 19.0 Å². The van der Waals surface area contributed by atoms with Crippen LogP contribution in [0.25, 0.3) is 22.2 Å². The quantitative estimate of drug-likeness (QED) is 0.255. The SMILES string of the molecule is CC1(C)CCCN(Cc2nc(NCCc3ccccc3Cl)c3ccc(-c4ncccc4C(F)(F)F)cc3n2)C1. The third-order valence-electron chi connectivity index (χ3n) is 7.12. The molecule has 2 aromatic heterocycles. The van der Waals surface area contributed by atoms with Crippen molar-refractivity contribution in [3.8, 4) is 11.3 Å². The number of hydrogen-bond donors (Lipinski definition) is 1. The van der Waals surface area contributed by atoms with Crippen LogP contribution in [0.5, 0.6) is 0 Å². The molecule has 2 aromatic carbocycles. The lowest BCUT2D eigenvalue weighted by Crippen LogP contribution is -2.39. The van der Waals surface area contributed by atoms with Gasteiger partial charge in [0.05, 0.1) is 23.3 Å². The Hall–Kier alpha value is -3.23. The molecule has 0 saturated carbocycles. The minimum Gasteiger partial charge on any atom is -0.369 e. The Labute approximate surface area is 231 Å². The normalized spacial score (nSPS) is 15.9. The van der Waals surface area contributed by atoms with E-state index in [1.165, 1.54) is 18.7 Å². The molecule has 1 N–H and O–H groups in total. The summed E-state index contributed by atoms with van der Waals surface area (Å²) in [6.07, 6.45) is -0.164. The minimum absolute atomic E-state index is 0.113. The van der Waals surface area contributed by atoms with Gasteiger partial charge < -0.3 is 5.32 Å². The van der Waals surface area contributed by atoms with Crippen LogP contribution < -0.4 is 5.32 Å². The Morgan fingerprint density at radius 2 is 1.87 bits per heavy atom. The highest BCUT2D eigenvalue weighted by Crippen LogP contribution is 2.37. The molecule has 0 spiro atoms. The lowest BCUT2D eigenvalue weighted by Gasteiger charge is -2.37. The summed E-state index contributed by atoms with van der Waals surface area (Å²) in [5.41, 5.74) is 1.29. The van der Waals surface area contributed by atoms with Crippen molar-refractivity contribution in [2.45, 2.75) is 45.8 Å². The van der Waals surface area contributed by atoms with E-state index in [9.17, 15) is 13.2 Å². The number of nitrogens with one attached hydrogen (secondary N) is 1. The topological polar surface area (TPSA) is 53.9 Å². The zero-order valence-electron chi connectivity index (χ0n) is 22.0. The number of halogens is 4. The van der Waals surface area contributed by atoms with Crippen molar-refractivity contribution in [3.63, 3.8) is 0 Å². The summed E-state index contributed by atoms with van der Waals surface area (Å²) in [5.74, 6) is 1.29. The van der Waals surface area contributed by atoms with Gasteiger partial charge in [-0.2, -0.15) is 13.2 Å². The highest BCUT2D eigenvalue weighted by atomic mass is 35.5. The summed E-state index contributed by atoms with van der Waals surface area (Å²) in [7, 11) is 0. The van der Waals surface area contributed by atoms with Crippen molar-refractivity contribution in [1.82, 2.24) is 19.9 Å². The van der Waals surface area contributed by atoms with Gasteiger partial charge in [-0.05, 0) is 67.1 Å². The number of nitrogens with zero attached hydrogens (tertiary/aromatic N) is 4. The first kappa shape index (κ1) is 27.3. The zero-order chi connectivity index (χ0) is 27.6. The van der Waals surface area contributed by atoms with Crippen molar-refractivity contribution >= 4 is 28.3 Å². The highest BCUT2D eigenvalue weighted by molar-refractivity contribution is 6.31. The molecule has 0 radical (unpaired) electrons. The third-order valence-corrected chi connectivity index (χ3v) is 7.49. The zero-order valence-corrected chi connectivity index (χ0v) is 22.8. The van der Waals surface area contributed by atoms with Crippen LogP contribution in [-0.2, 0) is 19.1 Å². The summed E-state index contributed by atoms with van der Waals surface area (Å²) in [4.78, 5) is 16.1. The molecule has 3 heterocycles. The van der Waals surface area contributed by atoms with Gasteiger partial charge in [0.25, 0.3) is 0 Å². The number of likely N-dealkylation sites (tertiary alicyclic amines) is 1. The molecule has 5 nitrogen and oxygen atoms in total. The molecule has 0 amide bonds. The van der Waals surface area contributed by atoms with Gasteiger partial charge in [-0.25, -0.2) is 9.97 Å². The van der Waals surface area contributed by atoms with Gasteiger partial charge in [0.1, 0.15) is 11.6 Å². The number of pyridine rings is 1. The van der Waals surface area contributed by atoms with E-state index >= 15 is 0 Å². The molecule has 1 fully saturated rings. The van der Waals surface area contributed by atoms with E-state index < -0.39 is 11.7 Å². The molecule has 1 aliphatic rings. The number of anilines is 1. The molecule has 4 aromatic rings. The molecule has 39 heavy (non-hydrogen) atoms. The van der Waals surface area contributed by atoms with Crippen LogP contribution in [0.1, 0.15) is 43.6 Å². The van der Waals surface area contributed by atoms with Crippen molar-refractivity contribution in [2.24, 2.45) is 5.41 Å². The van der Waals surface area contributed by atoms with Gasteiger partial charge in [0.15, 0.2) is 0 Å². The standard InChI is InChI=1S/C30H31ClF3N5/c1-29(2)13-6-16-39(19-29)18-26-37-25-17-21(27-23(30(32,33)34)8-5-14-35-27)10-11-22(25)28(38-26)36-15-12-20-7-3-4-9-24(20)31/h3-5,7-11,14,17H,6,12-13,15-16,18-19H2,1-2H3,(H,36,37,38). The van der Waals surface area contributed by atoms with Crippen LogP contribution in [0, 0.1) is 5.41 Å². The Morgan fingerprint density at radius 3 is 2.64 bits per heavy atom. The van der Waals surface area contributed by atoms with Gasteiger partial charge in [-0.1, -0.05) is 49.7 Å². The second-order valence-corrected chi connectivity index (χ2v) is 11.3. The van der Waals surface area contributed by atoms with E-state index in [4.69, 9.17) is 21.6 Å². The van der Waals surface area contributed by atoms with Crippen molar-refractivity contribution in [3.05, 3.63) is 82.8 Å². The lowest BCUT2D eigenvalue weighted by atomic mass is 9.84. The number of piperidine rings is 1. The van der Waals surface area contributed by atoms with E-state index in [1.54, 1.807) is 18.2 Å². The molecule has 1 saturated heterocycles.